The van der Waals surface area contributed by atoms with Crippen LogP contribution in [-0.2, 0) is 0 Å². The maximum absolute atomic E-state index is 8.37. The van der Waals surface area contributed by atoms with E-state index in [4.69, 9.17) is 5.11 Å². The number of alkyl halides is 1. The molecule has 0 aromatic carbocycles. The van der Waals surface area contributed by atoms with Gasteiger partial charge in [-0.2, -0.15) is 0 Å². The molecule has 0 aromatic rings. The van der Waals surface area contributed by atoms with Crippen LogP contribution in [-0.4, -0.2) is 17.0 Å². The third kappa shape index (κ3) is 4.34. The van der Waals surface area contributed by atoms with Crippen LogP contribution in [0.5, 0.6) is 0 Å². The topological polar surface area (TPSA) is 20.2 Å². The zero-order valence-electron chi connectivity index (χ0n) is 5.02. The molecule has 0 bridgehead atoms. The van der Waals surface area contributed by atoms with E-state index in [0.29, 0.717) is 0 Å². The SMILES string of the molecule is C/C(=C\CO)CCBr. The van der Waals surface area contributed by atoms with Gasteiger partial charge < -0.3 is 5.11 Å². The van der Waals surface area contributed by atoms with Gasteiger partial charge >= 0.3 is 0 Å². The molecule has 0 fully saturated rings. The summed E-state index contributed by atoms with van der Waals surface area (Å²) in [5.74, 6) is 0. The van der Waals surface area contributed by atoms with Crippen LogP contribution in [0.15, 0.2) is 11.6 Å². The second-order valence-corrected chi connectivity index (χ2v) is 2.47. The molecular weight excluding hydrogens is 168 g/mol. The quantitative estimate of drug-likeness (QED) is 0.516. The van der Waals surface area contributed by atoms with Gasteiger partial charge in [0.2, 0.25) is 0 Å². The summed E-state index contributed by atoms with van der Waals surface area (Å²) < 4.78 is 0. The zero-order chi connectivity index (χ0) is 6.41. The average Bonchev–Trinajstić information content (AvgIpc) is 1.68. The lowest BCUT2D eigenvalue weighted by atomic mass is 10.2. The second-order valence-electron chi connectivity index (χ2n) is 1.67. The van der Waals surface area contributed by atoms with Gasteiger partial charge in [0, 0.05) is 5.33 Å². The molecule has 0 aromatic heterocycles. The molecule has 0 aliphatic carbocycles. The van der Waals surface area contributed by atoms with Crippen molar-refractivity contribution in [3.8, 4) is 0 Å². The van der Waals surface area contributed by atoms with Gasteiger partial charge in [0.15, 0.2) is 0 Å². The molecule has 0 saturated carbocycles. The minimum atomic E-state index is 0.166. The highest BCUT2D eigenvalue weighted by atomic mass is 79.9. The lowest BCUT2D eigenvalue weighted by molar-refractivity contribution is 0.341. The molecule has 0 aliphatic rings. The fourth-order valence-corrected chi connectivity index (χ4v) is 1.03. The molecule has 1 nitrogen and oxygen atoms in total. The van der Waals surface area contributed by atoms with E-state index in [2.05, 4.69) is 15.9 Å². The predicted molar refractivity (Wildman–Crippen MR) is 39.3 cm³/mol. The van der Waals surface area contributed by atoms with Crippen LogP contribution in [0.4, 0.5) is 0 Å². The van der Waals surface area contributed by atoms with Gasteiger partial charge in [0.25, 0.3) is 0 Å². The minimum absolute atomic E-state index is 0.166. The Morgan fingerprint density at radius 1 is 1.75 bits per heavy atom. The number of allylic oxidation sites excluding steroid dienone is 1. The molecule has 48 valence electrons. The van der Waals surface area contributed by atoms with Crippen molar-refractivity contribution in [2.45, 2.75) is 13.3 Å². The normalized spacial score (nSPS) is 12.1. The number of hydrogen-bond donors (Lipinski definition) is 1. The van der Waals surface area contributed by atoms with Crippen LogP contribution in [0, 0.1) is 0 Å². The molecule has 0 spiro atoms. The van der Waals surface area contributed by atoms with Gasteiger partial charge in [-0.15, -0.1) is 0 Å². The molecule has 0 heterocycles. The summed E-state index contributed by atoms with van der Waals surface area (Å²) in [6, 6.07) is 0. The van der Waals surface area contributed by atoms with Gasteiger partial charge in [-0.05, 0) is 13.3 Å². The Labute approximate surface area is 58.5 Å². The molecule has 0 radical (unpaired) electrons. The average molecular weight is 179 g/mol. The second kappa shape index (κ2) is 5.32. The summed E-state index contributed by atoms with van der Waals surface area (Å²) in [5.41, 5.74) is 1.24. The van der Waals surface area contributed by atoms with Crippen molar-refractivity contribution in [2.24, 2.45) is 0 Å². The molecule has 0 amide bonds. The zero-order valence-corrected chi connectivity index (χ0v) is 6.61. The van der Waals surface area contributed by atoms with Crippen molar-refractivity contribution in [3.63, 3.8) is 0 Å². The van der Waals surface area contributed by atoms with Crippen LogP contribution < -0.4 is 0 Å². The third-order valence-corrected chi connectivity index (χ3v) is 1.33. The highest BCUT2D eigenvalue weighted by Crippen LogP contribution is 2.00. The summed E-state index contributed by atoms with van der Waals surface area (Å²) in [4.78, 5) is 0. The largest absolute Gasteiger partial charge is 0.392 e. The monoisotopic (exact) mass is 178 g/mol. The van der Waals surface area contributed by atoms with Crippen molar-refractivity contribution in [1.82, 2.24) is 0 Å². The summed E-state index contributed by atoms with van der Waals surface area (Å²) >= 11 is 3.30. The fraction of sp³-hybridized carbons (Fsp3) is 0.667. The molecule has 8 heavy (non-hydrogen) atoms. The van der Waals surface area contributed by atoms with Crippen LogP contribution in [0.2, 0.25) is 0 Å². The van der Waals surface area contributed by atoms with Gasteiger partial charge in [0.05, 0.1) is 6.61 Å². The van der Waals surface area contributed by atoms with Gasteiger partial charge in [0.1, 0.15) is 0 Å². The number of halogens is 1. The molecule has 0 aliphatic heterocycles. The number of aliphatic hydroxyl groups is 1. The summed E-state index contributed by atoms with van der Waals surface area (Å²) in [7, 11) is 0. The van der Waals surface area contributed by atoms with Crippen LogP contribution in [0.25, 0.3) is 0 Å². The van der Waals surface area contributed by atoms with Crippen molar-refractivity contribution < 1.29 is 5.11 Å². The molecule has 0 rings (SSSR count). The van der Waals surface area contributed by atoms with E-state index in [1.54, 1.807) is 0 Å². The van der Waals surface area contributed by atoms with Gasteiger partial charge in [-0.3, -0.25) is 0 Å². The van der Waals surface area contributed by atoms with Crippen LogP contribution in [0.1, 0.15) is 13.3 Å². The Morgan fingerprint density at radius 2 is 2.38 bits per heavy atom. The van der Waals surface area contributed by atoms with Crippen molar-refractivity contribution >= 4 is 15.9 Å². The van der Waals surface area contributed by atoms with E-state index in [1.165, 1.54) is 5.57 Å². The van der Waals surface area contributed by atoms with Crippen molar-refractivity contribution in [3.05, 3.63) is 11.6 Å². The molecule has 0 atom stereocenters. The highest BCUT2D eigenvalue weighted by Gasteiger charge is 1.83. The Hall–Kier alpha value is 0.180. The smallest absolute Gasteiger partial charge is 0.0614 e. The number of aliphatic hydroxyl groups excluding tert-OH is 1. The van der Waals surface area contributed by atoms with Gasteiger partial charge in [-0.25, -0.2) is 0 Å². The Morgan fingerprint density at radius 3 is 2.75 bits per heavy atom. The Kier molecular flexibility index (Phi) is 5.44. The van der Waals surface area contributed by atoms with E-state index < -0.39 is 0 Å². The predicted octanol–water partition coefficient (Wildman–Crippen LogP) is 1.71. The van der Waals surface area contributed by atoms with E-state index in [9.17, 15) is 0 Å². The van der Waals surface area contributed by atoms with E-state index in [-0.39, 0.29) is 6.61 Å². The van der Waals surface area contributed by atoms with Crippen LogP contribution >= 0.6 is 15.9 Å². The molecule has 0 unspecified atom stereocenters. The van der Waals surface area contributed by atoms with E-state index in [1.807, 2.05) is 13.0 Å². The number of rotatable bonds is 3. The molecular formula is C6H11BrO. The van der Waals surface area contributed by atoms with Crippen molar-refractivity contribution in [2.75, 3.05) is 11.9 Å². The summed E-state index contributed by atoms with van der Waals surface area (Å²) in [6.07, 6.45) is 2.85. The first kappa shape index (κ1) is 8.18. The lowest BCUT2D eigenvalue weighted by Crippen LogP contribution is -1.80. The van der Waals surface area contributed by atoms with E-state index >= 15 is 0 Å². The van der Waals surface area contributed by atoms with Crippen molar-refractivity contribution in [1.29, 1.82) is 0 Å². The first-order valence-corrected chi connectivity index (χ1v) is 3.76. The Bertz CT molecular complexity index is 78.6. The maximum Gasteiger partial charge on any atom is 0.0614 e. The highest BCUT2D eigenvalue weighted by molar-refractivity contribution is 9.09. The summed E-state index contributed by atoms with van der Waals surface area (Å²) in [5, 5.41) is 9.35. The lowest BCUT2D eigenvalue weighted by Gasteiger charge is -1.92. The minimum Gasteiger partial charge on any atom is -0.392 e. The fourth-order valence-electron chi connectivity index (χ4n) is 0.407. The van der Waals surface area contributed by atoms with E-state index in [0.717, 1.165) is 11.8 Å². The number of hydrogen-bond acceptors (Lipinski definition) is 1. The molecule has 2 heteroatoms. The van der Waals surface area contributed by atoms with Gasteiger partial charge in [-0.1, -0.05) is 27.6 Å². The maximum atomic E-state index is 8.37. The Balaban J connectivity index is 3.29. The first-order chi connectivity index (χ1) is 3.81. The standard InChI is InChI=1S/C6H11BrO/c1-6(2-4-7)3-5-8/h3,8H,2,4-5H2,1H3/b6-3+. The summed E-state index contributed by atoms with van der Waals surface area (Å²) in [6.45, 7) is 2.18. The first-order valence-electron chi connectivity index (χ1n) is 2.63. The third-order valence-electron chi connectivity index (χ3n) is 0.929. The molecule has 1 N–H and O–H groups in total. The molecule has 0 saturated heterocycles. The van der Waals surface area contributed by atoms with Crippen LogP contribution in [0.3, 0.4) is 0 Å².